The lowest BCUT2D eigenvalue weighted by molar-refractivity contribution is 0.415. The Morgan fingerprint density at radius 1 is 0.788 bits per heavy atom. The van der Waals surface area contributed by atoms with Gasteiger partial charge in [-0.05, 0) is 48.5 Å². The number of nitrogens with zero attached hydrogens (tertiary/aromatic N) is 4. The monoisotopic (exact) mass is 479 g/mol. The lowest BCUT2D eigenvalue weighted by Crippen LogP contribution is -2.07. The molecule has 0 atom stereocenters. The molecule has 0 unspecified atom stereocenters. The van der Waals surface area contributed by atoms with Crippen molar-refractivity contribution in [3.8, 4) is 5.75 Å². The van der Waals surface area contributed by atoms with Crippen molar-refractivity contribution in [2.24, 2.45) is 5.10 Å². The van der Waals surface area contributed by atoms with Crippen molar-refractivity contribution in [1.29, 1.82) is 0 Å². The summed E-state index contributed by atoms with van der Waals surface area (Å²) in [7, 11) is 1.62. The van der Waals surface area contributed by atoms with Crippen molar-refractivity contribution in [1.82, 2.24) is 15.0 Å². The van der Waals surface area contributed by atoms with Gasteiger partial charge < -0.3 is 15.4 Å². The van der Waals surface area contributed by atoms with Crippen molar-refractivity contribution in [3.05, 3.63) is 88.4 Å². The first-order valence-electron chi connectivity index (χ1n) is 9.82. The molecule has 0 aliphatic carbocycles. The minimum absolute atomic E-state index is 0.237. The number of rotatable bonds is 8. The Morgan fingerprint density at radius 2 is 1.42 bits per heavy atom. The fraction of sp³-hybridized carbons (Fsp3) is 0.0435. The summed E-state index contributed by atoms with van der Waals surface area (Å²) >= 11 is 12.1. The number of anilines is 5. The van der Waals surface area contributed by atoms with Crippen LogP contribution in [0.1, 0.15) is 5.56 Å². The molecule has 33 heavy (non-hydrogen) atoms. The summed E-state index contributed by atoms with van der Waals surface area (Å²) in [6.45, 7) is 0. The van der Waals surface area contributed by atoms with Gasteiger partial charge in [-0.15, -0.1) is 0 Å². The Morgan fingerprint density at radius 3 is 2.06 bits per heavy atom. The van der Waals surface area contributed by atoms with Crippen LogP contribution >= 0.6 is 23.2 Å². The van der Waals surface area contributed by atoms with E-state index in [-0.39, 0.29) is 5.95 Å². The summed E-state index contributed by atoms with van der Waals surface area (Å²) in [5.74, 6) is 1.66. The number of hydrogen-bond donors (Lipinski definition) is 3. The van der Waals surface area contributed by atoms with Crippen LogP contribution in [-0.4, -0.2) is 28.3 Å². The van der Waals surface area contributed by atoms with E-state index in [2.05, 4.69) is 36.1 Å². The van der Waals surface area contributed by atoms with Crippen LogP contribution in [0.15, 0.2) is 77.9 Å². The summed E-state index contributed by atoms with van der Waals surface area (Å²) in [6, 6.07) is 22.1. The van der Waals surface area contributed by atoms with E-state index in [0.29, 0.717) is 27.5 Å². The first-order chi connectivity index (χ1) is 16.1. The first kappa shape index (κ1) is 22.3. The lowest BCUT2D eigenvalue weighted by Gasteiger charge is -2.10. The average Bonchev–Trinajstić information content (AvgIpc) is 2.81. The molecule has 3 N–H and O–H groups in total. The van der Waals surface area contributed by atoms with E-state index in [1.165, 1.54) is 0 Å². The molecule has 3 aromatic carbocycles. The van der Waals surface area contributed by atoms with Gasteiger partial charge in [-0.25, -0.2) is 5.43 Å². The van der Waals surface area contributed by atoms with Crippen molar-refractivity contribution < 1.29 is 4.74 Å². The smallest absolute Gasteiger partial charge is 0.250 e. The molecule has 4 rings (SSSR count). The Kier molecular flexibility index (Phi) is 7.19. The molecule has 0 saturated carbocycles. The molecule has 0 spiro atoms. The van der Waals surface area contributed by atoms with Gasteiger partial charge in [0.15, 0.2) is 0 Å². The molecule has 10 heteroatoms. The van der Waals surface area contributed by atoms with Gasteiger partial charge in [-0.2, -0.15) is 20.1 Å². The van der Waals surface area contributed by atoms with E-state index in [1.807, 2.05) is 54.6 Å². The van der Waals surface area contributed by atoms with Crippen LogP contribution in [0.3, 0.4) is 0 Å². The number of benzene rings is 3. The number of aromatic nitrogens is 3. The summed E-state index contributed by atoms with van der Waals surface area (Å²) in [5.41, 5.74) is 5.14. The maximum absolute atomic E-state index is 6.19. The van der Waals surface area contributed by atoms with Gasteiger partial charge in [0.05, 0.1) is 18.3 Å². The number of halogens is 2. The zero-order valence-electron chi connectivity index (χ0n) is 17.5. The molecule has 0 bridgehead atoms. The van der Waals surface area contributed by atoms with Gasteiger partial charge in [-0.3, -0.25) is 0 Å². The van der Waals surface area contributed by atoms with E-state index in [4.69, 9.17) is 27.9 Å². The third kappa shape index (κ3) is 6.31. The average molecular weight is 480 g/mol. The van der Waals surface area contributed by atoms with Crippen molar-refractivity contribution >= 4 is 58.6 Å². The molecule has 1 heterocycles. The Hall–Kier alpha value is -3.88. The third-order valence-electron chi connectivity index (χ3n) is 4.34. The van der Waals surface area contributed by atoms with E-state index >= 15 is 0 Å². The fourth-order valence-electron chi connectivity index (χ4n) is 2.76. The second kappa shape index (κ2) is 10.6. The number of para-hydroxylation sites is 1. The molecule has 4 aromatic rings. The van der Waals surface area contributed by atoms with Crippen molar-refractivity contribution in [2.45, 2.75) is 0 Å². The van der Waals surface area contributed by atoms with Crippen LogP contribution in [-0.2, 0) is 0 Å². The summed E-state index contributed by atoms with van der Waals surface area (Å²) in [6.07, 6.45) is 1.56. The highest BCUT2D eigenvalue weighted by molar-refractivity contribution is 6.36. The number of methoxy groups -OCH3 is 1. The minimum Gasteiger partial charge on any atom is -0.497 e. The third-order valence-corrected chi connectivity index (χ3v) is 4.90. The van der Waals surface area contributed by atoms with E-state index in [0.717, 1.165) is 17.1 Å². The fourth-order valence-corrected chi connectivity index (χ4v) is 3.21. The number of ether oxygens (including phenoxy) is 1. The van der Waals surface area contributed by atoms with Crippen LogP contribution in [0.4, 0.5) is 29.2 Å². The quantitative estimate of drug-likeness (QED) is 0.207. The standard InChI is InChI=1S/C23H19Cl2N7O/c1-33-19-11-9-18(10-12-19)28-22-29-21(27-17-5-3-2-4-6-17)30-23(31-22)32-26-14-15-7-8-16(24)13-20(15)25/h2-14H,1H3,(H3,27,28,29,30,31,32). The van der Waals surface area contributed by atoms with E-state index in [9.17, 15) is 0 Å². The second-order valence-corrected chi connectivity index (χ2v) is 7.53. The highest BCUT2D eigenvalue weighted by Gasteiger charge is 2.08. The van der Waals surface area contributed by atoms with Crippen LogP contribution in [0, 0.1) is 0 Å². The Bertz CT molecular complexity index is 1250. The lowest BCUT2D eigenvalue weighted by atomic mass is 10.2. The second-order valence-electron chi connectivity index (χ2n) is 6.69. The normalized spacial score (nSPS) is 10.8. The topological polar surface area (TPSA) is 96.4 Å². The number of hydrazone groups is 1. The van der Waals surface area contributed by atoms with Gasteiger partial charge in [-0.1, -0.05) is 47.5 Å². The molecular weight excluding hydrogens is 461 g/mol. The summed E-state index contributed by atoms with van der Waals surface area (Å²) in [5, 5.41) is 11.5. The first-order valence-corrected chi connectivity index (χ1v) is 10.6. The molecule has 0 amide bonds. The minimum atomic E-state index is 0.237. The Balaban J connectivity index is 1.57. The summed E-state index contributed by atoms with van der Waals surface area (Å²) < 4.78 is 5.20. The van der Waals surface area contributed by atoms with Gasteiger partial charge >= 0.3 is 0 Å². The van der Waals surface area contributed by atoms with Crippen molar-refractivity contribution in [2.75, 3.05) is 23.2 Å². The highest BCUT2D eigenvalue weighted by atomic mass is 35.5. The molecule has 0 fully saturated rings. The largest absolute Gasteiger partial charge is 0.497 e. The van der Waals surface area contributed by atoms with Crippen LogP contribution in [0.5, 0.6) is 5.75 Å². The molecule has 166 valence electrons. The van der Waals surface area contributed by atoms with Gasteiger partial charge in [0.1, 0.15) is 5.75 Å². The molecule has 1 aromatic heterocycles. The van der Waals surface area contributed by atoms with E-state index < -0.39 is 0 Å². The van der Waals surface area contributed by atoms with Crippen molar-refractivity contribution in [3.63, 3.8) is 0 Å². The highest BCUT2D eigenvalue weighted by Crippen LogP contribution is 2.22. The molecule has 0 aliphatic heterocycles. The maximum atomic E-state index is 6.19. The maximum Gasteiger partial charge on any atom is 0.250 e. The van der Waals surface area contributed by atoms with Crippen LogP contribution in [0.25, 0.3) is 0 Å². The van der Waals surface area contributed by atoms with Gasteiger partial charge in [0.2, 0.25) is 17.8 Å². The van der Waals surface area contributed by atoms with Crippen LogP contribution in [0.2, 0.25) is 10.0 Å². The molecule has 0 radical (unpaired) electrons. The molecule has 0 aliphatic rings. The predicted molar refractivity (Wildman–Crippen MR) is 134 cm³/mol. The number of hydrogen-bond acceptors (Lipinski definition) is 8. The van der Waals surface area contributed by atoms with E-state index in [1.54, 1.807) is 31.5 Å². The zero-order chi connectivity index (χ0) is 23.0. The zero-order valence-corrected chi connectivity index (χ0v) is 19.0. The van der Waals surface area contributed by atoms with Gasteiger partial charge in [0, 0.05) is 22.0 Å². The van der Waals surface area contributed by atoms with Gasteiger partial charge in [0.25, 0.3) is 0 Å². The molecule has 8 nitrogen and oxygen atoms in total. The molecule has 0 saturated heterocycles. The summed E-state index contributed by atoms with van der Waals surface area (Å²) in [4.78, 5) is 13.2. The SMILES string of the molecule is COc1ccc(Nc2nc(NN=Cc3ccc(Cl)cc3Cl)nc(Nc3ccccc3)n2)cc1. The molecular formula is C23H19Cl2N7O. The van der Waals surface area contributed by atoms with Crippen LogP contribution < -0.4 is 20.8 Å². The predicted octanol–water partition coefficient (Wildman–Crippen LogP) is 6.12. The number of nitrogens with one attached hydrogen (secondary N) is 3. The Labute approximate surface area is 200 Å².